The van der Waals surface area contributed by atoms with Gasteiger partial charge in [0.2, 0.25) is 5.95 Å². The number of fused-ring (bicyclic) bond motifs is 1. The van der Waals surface area contributed by atoms with Crippen molar-refractivity contribution in [1.29, 1.82) is 0 Å². The standard InChI is InChI=1S/C23H25N7O4/c1-12(2)19(31)10-9-18(22(33)34)26-21(32)13-3-5-14(6-4-13)29-30-15-7-8-17-16(11-15)20(24)28-23(25)27-17/h3-8,11-12,18H,9-10H2,1-2H3,(H,26,32)(H,33,34)(H4,24,25,27,28)/b30-29+/t18-/m0/s1. The zero-order chi connectivity index (χ0) is 24.8. The molecular formula is C23H25N7O4. The molecule has 6 N–H and O–H groups in total. The molecule has 1 amide bonds. The van der Waals surface area contributed by atoms with Crippen LogP contribution in [0.4, 0.5) is 23.1 Å². The Bertz CT molecular complexity index is 1260. The van der Waals surface area contributed by atoms with Crippen molar-refractivity contribution >= 4 is 51.7 Å². The van der Waals surface area contributed by atoms with Crippen LogP contribution in [0.15, 0.2) is 52.7 Å². The third-order valence-electron chi connectivity index (χ3n) is 5.06. The molecule has 0 spiro atoms. The lowest BCUT2D eigenvalue weighted by molar-refractivity contribution is -0.139. The van der Waals surface area contributed by atoms with Crippen LogP contribution in [0.5, 0.6) is 0 Å². The molecule has 0 unspecified atom stereocenters. The zero-order valence-corrected chi connectivity index (χ0v) is 18.7. The summed E-state index contributed by atoms with van der Waals surface area (Å²) in [5.41, 5.74) is 13.3. The number of amides is 1. The third-order valence-corrected chi connectivity index (χ3v) is 5.06. The summed E-state index contributed by atoms with van der Waals surface area (Å²) < 4.78 is 0. The van der Waals surface area contributed by atoms with E-state index in [1.54, 1.807) is 44.2 Å². The minimum absolute atomic E-state index is 0.0261. The van der Waals surface area contributed by atoms with Gasteiger partial charge in [0.05, 0.1) is 16.9 Å². The summed E-state index contributed by atoms with van der Waals surface area (Å²) in [6.07, 6.45) is 0.104. The number of carboxylic acids is 1. The first kappa shape index (κ1) is 24.2. The highest BCUT2D eigenvalue weighted by Gasteiger charge is 2.22. The van der Waals surface area contributed by atoms with Gasteiger partial charge in [-0.1, -0.05) is 13.8 Å². The van der Waals surface area contributed by atoms with Crippen LogP contribution in [0, 0.1) is 5.92 Å². The zero-order valence-electron chi connectivity index (χ0n) is 18.7. The van der Waals surface area contributed by atoms with Crippen molar-refractivity contribution in [2.75, 3.05) is 11.5 Å². The molecule has 0 bridgehead atoms. The van der Waals surface area contributed by atoms with E-state index in [0.29, 0.717) is 22.3 Å². The molecule has 0 fully saturated rings. The Morgan fingerprint density at radius 3 is 2.29 bits per heavy atom. The van der Waals surface area contributed by atoms with Gasteiger partial charge < -0.3 is 21.9 Å². The van der Waals surface area contributed by atoms with Gasteiger partial charge in [0.25, 0.3) is 5.91 Å². The van der Waals surface area contributed by atoms with Crippen LogP contribution in [-0.2, 0) is 9.59 Å². The highest BCUT2D eigenvalue weighted by atomic mass is 16.4. The van der Waals surface area contributed by atoms with Gasteiger partial charge in [-0.25, -0.2) is 9.78 Å². The van der Waals surface area contributed by atoms with Gasteiger partial charge in [0, 0.05) is 23.3 Å². The van der Waals surface area contributed by atoms with Crippen LogP contribution in [0.2, 0.25) is 0 Å². The van der Waals surface area contributed by atoms with Crippen molar-refractivity contribution in [2.45, 2.75) is 32.7 Å². The third kappa shape index (κ3) is 6.09. The predicted molar refractivity (Wildman–Crippen MR) is 127 cm³/mol. The average molecular weight is 463 g/mol. The molecule has 3 aromatic rings. The van der Waals surface area contributed by atoms with Crippen LogP contribution in [-0.4, -0.2) is 38.8 Å². The molecule has 0 aliphatic heterocycles. The quantitative estimate of drug-likeness (QED) is 0.347. The van der Waals surface area contributed by atoms with Crippen molar-refractivity contribution in [3.63, 3.8) is 0 Å². The molecule has 0 aliphatic carbocycles. The van der Waals surface area contributed by atoms with E-state index in [4.69, 9.17) is 11.5 Å². The van der Waals surface area contributed by atoms with Gasteiger partial charge in [-0.2, -0.15) is 15.2 Å². The minimum atomic E-state index is -1.19. The summed E-state index contributed by atoms with van der Waals surface area (Å²) in [7, 11) is 0. The Hall–Kier alpha value is -4.41. The molecule has 0 aliphatic rings. The van der Waals surface area contributed by atoms with Gasteiger partial charge in [0.1, 0.15) is 17.6 Å². The van der Waals surface area contributed by atoms with Crippen molar-refractivity contribution in [3.05, 3.63) is 48.0 Å². The molecule has 1 atom stereocenters. The number of aromatic nitrogens is 2. The summed E-state index contributed by atoms with van der Waals surface area (Å²) in [5.74, 6) is -1.67. The van der Waals surface area contributed by atoms with Gasteiger partial charge >= 0.3 is 5.97 Å². The van der Waals surface area contributed by atoms with E-state index in [2.05, 4.69) is 25.5 Å². The second-order valence-corrected chi connectivity index (χ2v) is 7.94. The minimum Gasteiger partial charge on any atom is -0.480 e. The van der Waals surface area contributed by atoms with Crippen LogP contribution in [0.1, 0.15) is 37.0 Å². The van der Waals surface area contributed by atoms with Crippen molar-refractivity contribution in [2.24, 2.45) is 16.1 Å². The fraction of sp³-hybridized carbons (Fsp3) is 0.261. The molecule has 11 nitrogen and oxygen atoms in total. The maximum atomic E-state index is 12.5. The maximum absolute atomic E-state index is 12.5. The number of hydrogen-bond donors (Lipinski definition) is 4. The molecule has 0 saturated carbocycles. The number of aliphatic carboxylic acids is 1. The monoisotopic (exact) mass is 463 g/mol. The molecule has 34 heavy (non-hydrogen) atoms. The molecule has 176 valence electrons. The number of nitrogens with two attached hydrogens (primary N) is 2. The SMILES string of the molecule is CC(C)C(=O)CC[C@H](NC(=O)c1ccc(/N=N/c2ccc3nc(N)nc(N)c3c2)cc1)C(=O)O. The summed E-state index contributed by atoms with van der Waals surface area (Å²) in [5, 5.41) is 20.7. The van der Waals surface area contributed by atoms with Gasteiger partial charge in [-0.05, 0) is 48.9 Å². The number of rotatable bonds is 9. The number of azo groups is 1. The molecule has 0 radical (unpaired) electrons. The number of anilines is 2. The van der Waals surface area contributed by atoms with E-state index >= 15 is 0 Å². The van der Waals surface area contributed by atoms with E-state index in [1.807, 2.05) is 0 Å². The molecule has 11 heteroatoms. The number of ketones is 1. The van der Waals surface area contributed by atoms with Crippen LogP contribution in [0.25, 0.3) is 10.9 Å². The normalized spacial score (nSPS) is 12.2. The largest absolute Gasteiger partial charge is 0.480 e. The van der Waals surface area contributed by atoms with Crippen LogP contribution >= 0.6 is 0 Å². The highest BCUT2D eigenvalue weighted by Crippen LogP contribution is 2.26. The van der Waals surface area contributed by atoms with Crippen molar-refractivity contribution < 1.29 is 19.5 Å². The Labute approximate surface area is 195 Å². The number of nitrogens with zero attached hydrogens (tertiary/aromatic N) is 4. The molecule has 1 heterocycles. The van der Waals surface area contributed by atoms with E-state index in [9.17, 15) is 19.5 Å². The lowest BCUT2D eigenvalue weighted by Crippen LogP contribution is -2.41. The van der Waals surface area contributed by atoms with E-state index in [1.165, 1.54) is 12.1 Å². The number of carbonyl (C=O) groups is 3. The fourth-order valence-electron chi connectivity index (χ4n) is 3.09. The lowest BCUT2D eigenvalue weighted by atomic mass is 10.0. The number of carbonyl (C=O) groups excluding carboxylic acids is 2. The van der Waals surface area contributed by atoms with Crippen LogP contribution in [0.3, 0.4) is 0 Å². The average Bonchev–Trinajstić information content (AvgIpc) is 2.80. The number of nitrogens with one attached hydrogen (secondary N) is 1. The summed E-state index contributed by atoms with van der Waals surface area (Å²) in [4.78, 5) is 43.7. The number of carboxylic acid groups (broad SMARTS) is 1. The second-order valence-electron chi connectivity index (χ2n) is 7.94. The van der Waals surface area contributed by atoms with Gasteiger partial charge in [-0.3, -0.25) is 9.59 Å². The molecule has 0 saturated heterocycles. The Morgan fingerprint density at radius 2 is 1.65 bits per heavy atom. The lowest BCUT2D eigenvalue weighted by Gasteiger charge is -2.15. The molecule has 3 rings (SSSR count). The number of hydrogen-bond acceptors (Lipinski definition) is 9. The Morgan fingerprint density at radius 1 is 1.00 bits per heavy atom. The first-order chi connectivity index (χ1) is 16.1. The second kappa shape index (κ2) is 10.5. The summed E-state index contributed by atoms with van der Waals surface area (Å²) in [6, 6.07) is 10.1. The first-order valence-corrected chi connectivity index (χ1v) is 10.5. The Balaban J connectivity index is 1.66. The first-order valence-electron chi connectivity index (χ1n) is 10.5. The van der Waals surface area contributed by atoms with Crippen molar-refractivity contribution in [3.8, 4) is 0 Å². The summed E-state index contributed by atoms with van der Waals surface area (Å²) >= 11 is 0. The highest BCUT2D eigenvalue weighted by molar-refractivity contribution is 5.97. The van der Waals surface area contributed by atoms with E-state index < -0.39 is 17.9 Å². The molecule has 2 aromatic carbocycles. The topological polar surface area (TPSA) is 186 Å². The summed E-state index contributed by atoms with van der Waals surface area (Å²) in [6.45, 7) is 3.49. The number of Topliss-reactive ketones (excluding diaryl/α,β-unsaturated/α-hetero) is 1. The molecular weight excluding hydrogens is 438 g/mol. The molecule has 1 aromatic heterocycles. The van der Waals surface area contributed by atoms with Crippen LogP contribution < -0.4 is 16.8 Å². The maximum Gasteiger partial charge on any atom is 0.326 e. The fourth-order valence-corrected chi connectivity index (χ4v) is 3.09. The predicted octanol–water partition coefficient (Wildman–Crippen LogP) is 3.40. The van der Waals surface area contributed by atoms with Gasteiger partial charge in [-0.15, -0.1) is 0 Å². The van der Waals surface area contributed by atoms with Crippen molar-refractivity contribution in [1.82, 2.24) is 15.3 Å². The number of benzene rings is 2. The Kier molecular flexibility index (Phi) is 7.46. The van der Waals surface area contributed by atoms with E-state index in [-0.39, 0.29) is 41.9 Å². The van der Waals surface area contributed by atoms with Gasteiger partial charge in [0.15, 0.2) is 0 Å². The number of nitrogen functional groups attached to an aromatic ring is 2. The smallest absolute Gasteiger partial charge is 0.326 e. The van der Waals surface area contributed by atoms with E-state index in [0.717, 1.165) is 0 Å².